The summed E-state index contributed by atoms with van der Waals surface area (Å²) in [4.78, 5) is 21.3. The second-order valence-electron chi connectivity index (χ2n) is 3.83. The predicted octanol–water partition coefficient (Wildman–Crippen LogP) is -0.0726. The lowest BCUT2D eigenvalue weighted by Crippen LogP contribution is -2.24. The van der Waals surface area contributed by atoms with E-state index in [1.165, 1.54) is 0 Å². The highest BCUT2D eigenvalue weighted by Crippen LogP contribution is 2.32. The van der Waals surface area contributed by atoms with Gasteiger partial charge in [0.1, 0.15) is 9.80 Å². The van der Waals surface area contributed by atoms with E-state index in [1.54, 1.807) is 0 Å². The Labute approximate surface area is 113 Å². The van der Waals surface area contributed by atoms with Crippen LogP contribution in [0.2, 0.25) is 0 Å². The maximum Gasteiger partial charge on any atom is 0.295 e. The molecule has 1 aromatic carbocycles. The van der Waals surface area contributed by atoms with E-state index in [2.05, 4.69) is 0 Å². The van der Waals surface area contributed by atoms with E-state index in [9.17, 15) is 26.4 Å². The molecule has 0 saturated heterocycles. The average Bonchev–Trinajstić information content (AvgIpc) is 2.30. The maximum atomic E-state index is 11.7. The summed E-state index contributed by atoms with van der Waals surface area (Å²) >= 11 is 0. The number of carbonyl (C=O) groups excluding carboxylic acids is 2. The maximum absolute atomic E-state index is 11.7. The van der Waals surface area contributed by atoms with Crippen LogP contribution in [0.25, 0.3) is 4.91 Å². The normalized spacial score (nSPS) is 15.8. The fraction of sp³-hybridized carbons (Fsp3) is 0. The molecular weight excluding hydrogens is 312 g/mol. The van der Waals surface area contributed by atoms with Gasteiger partial charge in [-0.1, -0.05) is 12.1 Å². The molecule has 2 N–H and O–H groups in total. The molecule has 20 heavy (non-hydrogen) atoms. The Morgan fingerprint density at radius 1 is 0.900 bits per heavy atom. The standard InChI is InChI=1S/C10H6O8S2/c11-6-4-8(20(16,17)18)5-2-1-3-7(19(13,14)15)9(5)10(6)12/h1-4H,(H,13,14,15)(H,16,17,18). The van der Waals surface area contributed by atoms with Crippen LogP contribution in [0.5, 0.6) is 0 Å². The molecule has 0 saturated carbocycles. The van der Waals surface area contributed by atoms with Crippen LogP contribution in [0.3, 0.4) is 0 Å². The first kappa shape index (κ1) is 14.5. The molecule has 0 heterocycles. The van der Waals surface area contributed by atoms with Crippen molar-refractivity contribution in [2.24, 2.45) is 0 Å². The summed E-state index contributed by atoms with van der Waals surface area (Å²) in [5.74, 6) is -2.61. The van der Waals surface area contributed by atoms with Crippen LogP contribution in [0.1, 0.15) is 15.9 Å². The highest BCUT2D eigenvalue weighted by molar-refractivity contribution is 7.95. The van der Waals surface area contributed by atoms with E-state index in [0.717, 1.165) is 18.2 Å². The summed E-state index contributed by atoms with van der Waals surface area (Å²) in [6.07, 6.45) is 0.397. The Balaban J connectivity index is 2.96. The number of hydrogen-bond acceptors (Lipinski definition) is 6. The predicted molar refractivity (Wildman–Crippen MR) is 65.1 cm³/mol. The third kappa shape index (κ3) is 2.29. The molecule has 1 aromatic rings. The number of ketones is 2. The Hall–Kier alpha value is -1.88. The van der Waals surface area contributed by atoms with Gasteiger partial charge >= 0.3 is 0 Å². The zero-order valence-corrected chi connectivity index (χ0v) is 11.1. The van der Waals surface area contributed by atoms with E-state index in [0.29, 0.717) is 6.08 Å². The van der Waals surface area contributed by atoms with Gasteiger partial charge in [-0.3, -0.25) is 18.7 Å². The minimum Gasteiger partial charge on any atom is -0.286 e. The molecule has 0 radical (unpaired) electrons. The molecule has 0 bridgehead atoms. The van der Waals surface area contributed by atoms with Crippen molar-refractivity contribution < 1.29 is 35.5 Å². The van der Waals surface area contributed by atoms with Crippen molar-refractivity contribution in [2.75, 3.05) is 0 Å². The van der Waals surface area contributed by atoms with Crippen LogP contribution in [-0.2, 0) is 25.0 Å². The summed E-state index contributed by atoms with van der Waals surface area (Å²) < 4.78 is 62.7. The first-order valence-corrected chi connectivity index (χ1v) is 7.80. The van der Waals surface area contributed by atoms with Crippen molar-refractivity contribution in [1.29, 1.82) is 0 Å². The number of benzene rings is 1. The lowest BCUT2D eigenvalue weighted by molar-refractivity contribution is -0.111. The molecule has 1 aliphatic rings. The van der Waals surface area contributed by atoms with E-state index in [4.69, 9.17) is 9.11 Å². The number of hydrogen-bond donors (Lipinski definition) is 2. The minimum atomic E-state index is -4.85. The molecule has 2 rings (SSSR count). The molecule has 106 valence electrons. The molecule has 0 spiro atoms. The topological polar surface area (TPSA) is 143 Å². The number of rotatable bonds is 2. The summed E-state index contributed by atoms with van der Waals surface area (Å²) in [6, 6.07) is 2.93. The lowest BCUT2D eigenvalue weighted by atomic mass is 9.95. The molecule has 0 fully saturated rings. The zero-order valence-electron chi connectivity index (χ0n) is 9.47. The Kier molecular flexibility index (Phi) is 3.13. The van der Waals surface area contributed by atoms with Crippen LogP contribution in [0.4, 0.5) is 0 Å². The molecule has 1 aliphatic carbocycles. The zero-order chi connectivity index (χ0) is 15.3. The fourth-order valence-corrected chi connectivity index (χ4v) is 3.20. The van der Waals surface area contributed by atoms with Crippen molar-refractivity contribution in [3.05, 3.63) is 35.4 Å². The quantitative estimate of drug-likeness (QED) is 0.569. The smallest absolute Gasteiger partial charge is 0.286 e. The van der Waals surface area contributed by atoms with Crippen LogP contribution in [0.15, 0.2) is 29.2 Å². The summed E-state index contributed by atoms with van der Waals surface area (Å²) in [7, 11) is -9.69. The fourth-order valence-electron chi connectivity index (χ4n) is 1.78. The Bertz CT molecular complexity index is 874. The van der Waals surface area contributed by atoms with Gasteiger partial charge in [0, 0.05) is 11.6 Å². The molecule has 10 heteroatoms. The molecule has 0 amide bonds. The van der Waals surface area contributed by atoms with Crippen LogP contribution >= 0.6 is 0 Å². The third-order valence-electron chi connectivity index (χ3n) is 2.56. The molecule has 8 nitrogen and oxygen atoms in total. The second-order valence-corrected chi connectivity index (χ2v) is 6.61. The third-order valence-corrected chi connectivity index (χ3v) is 4.35. The summed E-state index contributed by atoms with van der Waals surface area (Å²) in [5, 5.41) is 0. The Morgan fingerprint density at radius 2 is 1.50 bits per heavy atom. The van der Waals surface area contributed by atoms with Crippen LogP contribution in [0, 0.1) is 0 Å². The van der Waals surface area contributed by atoms with Gasteiger partial charge in [-0.25, -0.2) is 0 Å². The van der Waals surface area contributed by atoms with Gasteiger partial charge < -0.3 is 0 Å². The average molecular weight is 318 g/mol. The number of fused-ring (bicyclic) bond motifs is 1. The van der Waals surface area contributed by atoms with Crippen molar-refractivity contribution in [3.8, 4) is 0 Å². The van der Waals surface area contributed by atoms with Gasteiger partial charge in [0.2, 0.25) is 11.6 Å². The lowest BCUT2D eigenvalue weighted by Gasteiger charge is -2.16. The largest absolute Gasteiger partial charge is 0.295 e. The molecule has 0 aliphatic heterocycles. The molecule has 0 aromatic heterocycles. The first-order valence-electron chi connectivity index (χ1n) is 4.92. The monoisotopic (exact) mass is 318 g/mol. The van der Waals surface area contributed by atoms with Crippen LogP contribution < -0.4 is 0 Å². The van der Waals surface area contributed by atoms with Crippen molar-refractivity contribution in [1.82, 2.24) is 0 Å². The minimum absolute atomic E-state index is 0.397. The summed E-state index contributed by atoms with van der Waals surface area (Å²) in [5.41, 5.74) is -1.25. The number of carbonyl (C=O) groups is 2. The van der Waals surface area contributed by atoms with Crippen molar-refractivity contribution >= 4 is 36.7 Å². The van der Waals surface area contributed by atoms with Crippen LogP contribution in [-0.4, -0.2) is 37.5 Å². The highest BCUT2D eigenvalue weighted by atomic mass is 32.2. The van der Waals surface area contributed by atoms with E-state index in [-0.39, 0.29) is 0 Å². The first-order chi connectivity index (χ1) is 9.03. The van der Waals surface area contributed by atoms with E-state index in [1.807, 2.05) is 0 Å². The molecule has 0 atom stereocenters. The second kappa shape index (κ2) is 4.31. The highest BCUT2D eigenvalue weighted by Gasteiger charge is 2.35. The number of Topliss-reactive ketones (excluding diaryl/α,β-unsaturated/α-hetero) is 1. The van der Waals surface area contributed by atoms with Gasteiger partial charge in [0.15, 0.2) is 0 Å². The summed E-state index contributed by atoms with van der Waals surface area (Å²) in [6.45, 7) is 0. The van der Waals surface area contributed by atoms with Gasteiger partial charge in [-0.2, -0.15) is 16.8 Å². The SMILES string of the molecule is O=C1C=C(S(=O)(=O)O)c2cccc(S(=O)(=O)O)c2C1=O. The molecular formula is C10H6O8S2. The van der Waals surface area contributed by atoms with Gasteiger partial charge in [0.25, 0.3) is 20.2 Å². The van der Waals surface area contributed by atoms with E-state index < -0.39 is 52.7 Å². The Morgan fingerprint density at radius 3 is 2.00 bits per heavy atom. The van der Waals surface area contributed by atoms with E-state index >= 15 is 0 Å². The van der Waals surface area contributed by atoms with Crippen molar-refractivity contribution in [2.45, 2.75) is 4.90 Å². The van der Waals surface area contributed by atoms with Crippen molar-refractivity contribution in [3.63, 3.8) is 0 Å². The number of allylic oxidation sites excluding steroid dienone is 1. The molecule has 0 unspecified atom stereocenters. The van der Waals surface area contributed by atoms with Gasteiger partial charge in [-0.05, 0) is 6.07 Å². The van der Waals surface area contributed by atoms with Gasteiger partial charge in [-0.15, -0.1) is 0 Å². The van der Waals surface area contributed by atoms with Gasteiger partial charge in [0.05, 0.1) is 5.56 Å².